The Morgan fingerprint density at radius 1 is 0.739 bits per heavy atom. The summed E-state index contributed by atoms with van der Waals surface area (Å²) in [6.07, 6.45) is 21.1. The van der Waals surface area contributed by atoms with Crippen LogP contribution in [0.5, 0.6) is 0 Å². The average Bonchev–Trinajstić information content (AvgIpc) is 2.57. The largest absolute Gasteiger partial charge is 0.352 e. The van der Waals surface area contributed by atoms with E-state index >= 15 is 0 Å². The highest BCUT2D eigenvalue weighted by Crippen LogP contribution is 2.12. The van der Waals surface area contributed by atoms with Crippen molar-refractivity contribution < 1.29 is 4.79 Å². The quantitative estimate of drug-likeness (QED) is 0.253. The number of hydrogen-bond donors (Lipinski definition) is 1. The fourth-order valence-electron chi connectivity index (χ4n) is 2.79. The molecular formula is C21H41NO. The van der Waals surface area contributed by atoms with E-state index in [1.54, 1.807) is 0 Å². The summed E-state index contributed by atoms with van der Waals surface area (Å²) in [6, 6.07) is 0. The average molecular weight is 324 g/mol. The maximum absolute atomic E-state index is 11.5. The molecule has 0 aromatic carbocycles. The van der Waals surface area contributed by atoms with E-state index in [4.69, 9.17) is 0 Å². The van der Waals surface area contributed by atoms with Crippen molar-refractivity contribution in [3.63, 3.8) is 0 Å². The summed E-state index contributed by atoms with van der Waals surface area (Å²) in [6.45, 7) is 6.87. The van der Waals surface area contributed by atoms with Gasteiger partial charge in [-0.2, -0.15) is 0 Å². The van der Waals surface area contributed by atoms with Gasteiger partial charge in [-0.05, 0) is 20.3 Å². The molecule has 0 radical (unpaired) electrons. The van der Waals surface area contributed by atoms with E-state index in [1.807, 2.05) is 19.9 Å². The smallest absolute Gasteiger partial charge is 0.246 e. The first-order valence-corrected chi connectivity index (χ1v) is 10.1. The lowest BCUT2D eigenvalue weighted by Crippen LogP contribution is -2.24. The number of unbranched alkanes of at least 4 members (excludes halogenated alkanes) is 13. The van der Waals surface area contributed by atoms with E-state index < -0.39 is 0 Å². The van der Waals surface area contributed by atoms with Gasteiger partial charge in [-0.25, -0.2) is 0 Å². The highest BCUT2D eigenvalue weighted by Gasteiger charge is 2.00. The summed E-state index contributed by atoms with van der Waals surface area (Å²) in [5.41, 5.74) is 0.815. The van der Waals surface area contributed by atoms with Gasteiger partial charge in [0.2, 0.25) is 5.91 Å². The van der Waals surface area contributed by atoms with Gasteiger partial charge in [0.1, 0.15) is 0 Å². The van der Waals surface area contributed by atoms with Crippen LogP contribution < -0.4 is 5.32 Å². The molecule has 0 aromatic rings. The zero-order valence-electron chi connectivity index (χ0n) is 16.1. The number of carbonyl (C=O) groups excluding carboxylic acids is 1. The summed E-state index contributed by atoms with van der Waals surface area (Å²) in [4.78, 5) is 11.5. The third-order valence-electron chi connectivity index (χ3n) is 4.61. The van der Waals surface area contributed by atoms with Gasteiger partial charge < -0.3 is 5.32 Å². The van der Waals surface area contributed by atoms with Gasteiger partial charge in [-0.15, -0.1) is 0 Å². The van der Waals surface area contributed by atoms with E-state index in [9.17, 15) is 4.79 Å². The minimum atomic E-state index is 0.0854. The van der Waals surface area contributed by atoms with Crippen LogP contribution in [-0.4, -0.2) is 12.5 Å². The molecule has 2 heteroatoms. The number of hydrogen-bond acceptors (Lipinski definition) is 1. The molecule has 23 heavy (non-hydrogen) atoms. The van der Waals surface area contributed by atoms with Gasteiger partial charge in [-0.1, -0.05) is 96.5 Å². The maximum atomic E-state index is 11.5. The van der Waals surface area contributed by atoms with Crippen molar-refractivity contribution in [2.24, 2.45) is 0 Å². The predicted octanol–water partition coefficient (Wildman–Crippen LogP) is 6.55. The predicted molar refractivity (Wildman–Crippen MR) is 103 cm³/mol. The molecular weight excluding hydrogens is 282 g/mol. The van der Waals surface area contributed by atoms with Crippen LogP contribution in [0.2, 0.25) is 0 Å². The molecule has 0 heterocycles. The second-order valence-electron chi connectivity index (χ2n) is 6.82. The van der Waals surface area contributed by atoms with Crippen LogP contribution in [0.1, 0.15) is 111 Å². The Morgan fingerprint density at radius 2 is 1.13 bits per heavy atom. The van der Waals surface area contributed by atoms with Crippen LogP contribution in [0.25, 0.3) is 0 Å². The van der Waals surface area contributed by atoms with E-state index in [0.717, 1.165) is 18.5 Å². The highest BCUT2D eigenvalue weighted by atomic mass is 16.1. The van der Waals surface area contributed by atoms with Gasteiger partial charge in [-0.3, -0.25) is 4.79 Å². The zero-order valence-corrected chi connectivity index (χ0v) is 16.1. The van der Waals surface area contributed by atoms with E-state index in [-0.39, 0.29) is 5.91 Å². The molecule has 0 atom stereocenters. The molecule has 0 rings (SSSR count). The lowest BCUT2D eigenvalue weighted by atomic mass is 10.0. The van der Waals surface area contributed by atoms with Crippen molar-refractivity contribution in [3.8, 4) is 0 Å². The second kappa shape index (κ2) is 17.6. The number of carbonyl (C=O) groups is 1. The van der Waals surface area contributed by atoms with Crippen LogP contribution in [-0.2, 0) is 4.79 Å². The minimum Gasteiger partial charge on any atom is -0.352 e. The summed E-state index contributed by atoms with van der Waals surface area (Å²) >= 11 is 0. The molecule has 0 aliphatic carbocycles. The van der Waals surface area contributed by atoms with Crippen molar-refractivity contribution in [2.75, 3.05) is 6.54 Å². The molecule has 0 unspecified atom stereocenters. The number of amides is 1. The molecule has 2 nitrogen and oxygen atoms in total. The third kappa shape index (κ3) is 15.9. The fourth-order valence-corrected chi connectivity index (χ4v) is 2.79. The zero-order chi connectivity index (χ0) is 17.2. The van der Waals surface area contributed by atoms with Gasteiger partial charge in [0, 0.05) is 12.1 Å². The van der Waals surface area contributed by atoms with Gasteiger partial charge in [0.05, 0.1) is 0 Å². The Labute approximate surface area is 145 Å². The Balaban J connectivity index is 3.12. The van der Waals surface area contributed by atoms with Crippen molar-refractivity contribution >= 4 is 5.91 Å². The molecule has 1 N–H and O–H groups in total. The van der Waals surface area contributed by atoms with Crippen molar-refractivity contribution in [1.29, 1.82) is 0 Å². The number of allylic oxidation sites excluding steroid dienone is 1. The van der Waals surface area contributed by atoms with E-state index in [2.05, 4.69) is 12.2 Å². The number of nitrogens with one attached hydrogen (secondary N) is 1. The van der Waals surface area contributed by atoms with Crippen molar-refractivity contribution in [2.45, 2.75) is 111 Å². The Hall–Kier alpha value is -0.790. The summed E-state index contributed by atoms with van der Waals surface area (Å²) in [5.74, 6) is 0.0854. The van der Waals surface area contributed by atoms with Gasteiger partial charge >= 0.3 is 0 Å². The maximum Gasteiger partial charge on any atom is 0.246 e. The third-order valence-corrected chi connectivity index (χ3v) is 4.61. The van der Waals surface area contributed by atoms with Gasteiger partial charge in [0.15, 0.2) is 0 Å². The van der Waals surface area contributed by atoms with Crippen molar-refractivity contribution in [3.05, 3.63) is 11.6 Å². The molecule has 0 aromatic heterocycles. The van der Waals surface area contributed by atoms with E-state index in [1.165, 1.54) is 83.5 Å². The molecule has 0 saturated carbocycles. The summed E-state index contributed by atoms with van der Waals surface area (Å²) in [7, 11) is 0. The van der Waals surface area contributed by atoms with Gasteiger partial charge in [0.25, 0.3) is 0 Å². The van der Waals surface area contributed by atoms with Crippen molar-refractivity contribution in [1.82, 2.24) is 5.32 Å². The molecule has 136 valence electrons. The second-order valence-corrected chi connectivity index (χ2v) is 6.82. The topological polar surface area (TPSA) is 29.1 Å². The lowest BCUT2D eigenvalue weighted by Gasteiger charge is -2.05. The van der Waals surface area contributed by atoms with E-state index in [0.29, 0.717) is 0 Å². The highest BCUT2D eigenvalue weighted by molar-refractivity contribution is 5.92. The fraction of sp³-hybridized carbons (Fsp3) is 0.857. The van der Waals surface area contributed by atoms with Crippen LogP contribution in [0, 0.1) is 0 Å². The Kier molecular flexibility index (Phi) is 17.0. The molecule has 0 aliphatic rings. The SMILES string of the molecule is CC=C(C)C(=O)NCCCCCCCCCCCCCCCC. The first kappa shape index (κ1) is 22.2. The lowest BCUT2D eigenvalue weighted by molar-refractivity contribution is -0.117. The van der Waals surface area contributed by atoms with Crippen LogP contribution >= 0.6 is 0 Å². The summed E-state index contributed by atoms with van der Waals surface area (Å²) < 4.78 is 0. The first-order chi connectivity index (χ1) is 11.2. The Bertz CT molecular complexity index is 296. The Morgan fingerprint density at radius 3 is 1.52 bits per heavy atom. The van der Waals surface area contributed by atoms with Crippen LogP contribution in [0.4, 0.5) is 0 Å². The van der Waals surface area contributed by atoms with Crippen LogP contribution in [0.15, 0.2) is 11.6 Å². The molecule has 0 aliphatic heterocycles. The normalized spacial score (nSPS) is 11.7. The first-order valence-electron chi connectivity index (χ1n) is 10.1. The molecule has 0 fully saturated rings. The van der Waals surface area contributed by atoms with Crippen LogP contribution in [0.3, 0.4) is 0 Å². The molecule has 0 spiro atoms. The molecule has 0 saturated heterocycles. The summed E-state index contributed by atoms with van der Waals surface area (Å²) in [5, 5.41) is 2.97. The molecule has 0 bridgehead atoms. The molecule has 1 amide bonds. The minimum absolute atomic E-state index is 0.0854. The monoisotopic (exact) mass is 323 g/mol. The number of rotatable bonds is 16. The standard InChI is InChI=1S/C21H41NO/c1-4-6-7-8-9-10-11-12-13-14-15-16-17-18-19-22-21(23)20(3)5-2/h5H,4,6-19H2,1-3H3,(H,22,23).